The van der Waals surface area contributed by atoms with Gasteiger partial charge in [-0.2, -0.15) is 0 Å². The summed E-state index contributed by atoms with van der Waals surface area (Å²) in [5.74, 6) is 0. The van der Waals surface area contributed by atoms with Gasteiger partial charge in [-0.25, -0.2) is 0 Å². The molecule has 2 aliphatic rings. The van der Waals surface area contributed by atoms with E-state index in [4.69, 9.17) is 0 Å². The van der Waals surface area contributed by atoms with Crippen LogP contribution in [0, 0.1) is 0 Å². The van der Waals surface area contributed by atoms with Crippen LogP contribution in [-0.2, 0) is 10.8 Å². The van der Waals surface area contributed by atoms with Crippen molar-refractivity contribution in [3.8, 4) is 39.1 Å². The SMILES string of the molecule is CC1(C)c2ccccc2-c2ccc(N(c3ccc(-c4cccc5c(-n6c7ccccc7c7ccccc76)cccc45)cc3)c3cccc4c3-c3ccccc3C4(C)C)cc21. The Kier molecular flexibility index (Phi) is 7.36. The van der Waals surface area contributed by atoms with Crippen molar-refractivity contribution < 1.29 is 0 Å². The van der Waals surface area contributed by atoms with Crippen molar-refractivity contribution >= 4 is 49.6 Å². The van der Waals surface area contributed by atoms with Crippen LogP contribution in [0.3, 0.4) is 0 Å². The molecule has 10 aromatic rings. The molecule has 0 amide bonds. The summed E-state index contributed by atoms with van der Waals surface area (Å²) < 4.78 is 2.44. The van der Waals surface area contributed by atoms with Crippen LogP contribution >= 0.6 is 0 Å². The first kappa shape index (κ1) is 34.8. The molecule has 1 aromatic heterocycles. The summed E-state index contributed by atoms with van der Waals surface area (Å²) in [5, 5.41) is 5.01. The van der Waals surface area contributed by atoms with Crippen LogP contribution in [0.1, 0.15) is 49.9 Å². The minimum Gasteiger partial charge on any atom is -0.310 e. The third kappa shape index (κ3) is 4.82. The summed E-state index contributed by atoms with van der Waals surface area (Å²) in [4.78, 5) is 2.50. The van der Waals surface area contributed by atoms with E-state index in [1.165, 1.54) is 105 Å². The topological polar surface area (TPSA) is 8.17 Å². The van der Waals surface area contributed by atoms with Gasteiger partial charge in [-0.15, -0.1) is 0 Å². The Balaban J connectivity index is 1.03. The molecule has 12 rings (SSSR count). The van der Waals surface area contributed by atoms with E-state index in [0.717, 1.165) is 5.69 Å². The molecule has 0 saturated heterocycles. The summed E-state index contributed by atoms with van der Waals surface area (Å²) >= 11 is 0. The van der Waals surface area contributed by atoms with E-state index >= 15 is 0 Å². The molecule has 0 bridgehead atoms. The van der Waals surface area contributed by atoms with Crippen LogP contribution in [0.15, 0.2) is 194 Å². The first-order valence-corrected chi connectivity index (χ1v) is 21.2. The van der Waals surface area contributed by atoms with Gasteiger partial charge in [-0.05, 0) is 104 Å². The zero-order chi connectivity index (χ0) is 40.3. The van der Waals surface area contributed by atoms with E-state index in [9.17, 15) is 0 Å². The molecule has 0 unspecified atom stereocenters. The highest BCUT2D eigenvalue weighted by Gasteiger charge is 2.39. The van der Waals surface area contributed by atoms with Gasteiger partial charge in [0.05, 0.1) is 22.4 Å². The molecule has 2 nitrogen and oxygen atoms in total. The molecule has 2 heteroatoms. The highest BCUT2D eigenvalue weighted by molar-refractivity contribution is 6.11. The van der Waals surface area contributed by atoms with Crippen molar-refractivity contribution in [2.24, 2.45) is 0 Å². The summed E-state index contributed by atoms with van der Waals surface area (Å²) in [7, 11) is 0. The number of hydrogen-bond donors (Lipinski definition) is 0. The lowest BCUT2D eigenvalue weighted by molar-refractivity contribution is 0.660. The van der Waals surface area contributed by atoms with Crippen LogP contribution in [0.5, 0.6) is 0 Å². The number of aromatic nitrogens is 1. The van der Waals surface area contributed by atoms with Gasteiger partial charge in [0.15, 0.2) is 0 Å². The van der Waals surface area contributed by atoms with Crippen molar-refractivity contribution in [2.45, 2.75) is 38.5 Å². The van der Waals surface area contributed by atoms with Gasteiger partial charge in [0, 0.05) is 43.9 Å². The maximum absolute atomic E-state index is 2.50. The quantitative estimate of drug-likeness (QED) is 0.169. The second-order valence-corrected chi connectivity index (χ2v) is 17.7. The Morgan fingerprint density at radius 3 is 1.63 bits per heavy atom. The number of nitrogens with zero attached hydrogens (tertiary/aromatic N) is 2. The predicted molar refractivity (Wildman–Crippen MR) is 254 cm³/mol. The highest BCUT2D eigenvalue weighted by Crippen LogP contribution is 2.56. The average molecular weight is 769 g/mol. The minimum absolute atomic E-state index is 0.106. The normalized spacial score (nSPS) is 14.3. The zero-order valence-corrected chi connectivity index (χ0v) is 34.4. The fourth-order valence-electron chi connectivity index (χ4n) is 10.9. The van der Waals surface area contributed by atoms with Crippen molar-refractivity contribution in [1.29, 1.82) is 0 Å². The van der Waals surface area contributed by atoms with Crippen molar-refractivity contribution in [3.05, 3.63) is 216 Å². The lowest BCUT2D eigenvalue weighted by Crippen LogP contribution is -2.17. The molecule has 286 valence electrons. The van der Waals surface area contributed by atoms with Crippen LogP contribution < -0.4 is 4.90 Å². The summed E-state index contributed by atoms with van der Waals surface area (Å²) in [6.07, 6.45) is 0. The van der Waals surface area contributed by atoms with E-state index in [0.29, 0.717) is 0 Å². The van der Waals surface area contributed by atoms with Crippen LogP contribution in [0.25, 0.3) is 71.6 Å². The first-order chi connectivity index (χ1) is 29.3. The molecule has 0 N–H and O–H groups in total. The van der Waals surface area contributed by atoms with E-state index < -0.39 is 0 Å². The monoisotopic (exact) mass is 768 g/mol. The molecular weight excluding hydrogens is 725 g/mol. The summed E-state index contributed by atoms with van der Waals surface area (Å²) in [6.45, 7) is 9.48. The Bertz CT molecular complexity index is 3320. The number of hydrogen-bond acceptors (Lipinski definition) is 1. The van der Waals surface area contributed by atoms with E-state index in [1.807, 2.05) is 0 Å². The molecule has 0 saturated carbocycles. The third-order valence-electron chi connectivity index (χ3n) is 13.8. The fourth-order valence-corrected chi connectivity index (χ4v) is 10.9. The lowest BCUT2D eigenvalue weighted by Gasteiger charge is -2.30. The Labute approximate surface area is 351 Å². The molecule has 0 radical (unpaired) electrons. The van der Waals surface area contributed by atoms with Crippen LogP contribution in [-0.4, -0.2) is 4.57 Å². The number of para-hydroxylation sites is 2. The fraction of sp³-hybridized carbons (Fsp3) is 0.103. The van der Waals surface area contributed by atoms with Crippen molar-refractivity contribution in [1.82, 2.24) is 4.57 Å². The summed E-state index contributed by atoms with van der Waals surface area (Å²) in [6, 6.07) is 72.3. The number of benzene rings is 9. The highest BCUT2D eigenvalue weighted by atomic mass is 15.1. The Hall–Kier alpha value is -7.16. The van der Waals surface area contributed by atoms with Crippen molar-refractivity contribution in [2.75, 3.05) is 4.90 Å². The second-order valence-electron chi connectivity index (χ2n) is 17.7. The summed E-state index contributed by atoms with van der Waals surface area (Å²) in [5.41, 5.74) is 20.1. The molecule has 0 spiro atoms. The molecule has 0 atom stereocenters. The Morgan fingerprint density at radius 1 is 0.367 bits per heavy atom. The van der Waals surface area contributed by atoms with E-state index in [1.54, 1.807) is 0 Å². The molecular formula is C58H44N2. The van der Waals surface area contributed by atoms with Gasteiger partial charge in [0.1, 0.15) is 0 Å². The van der Waals surface area contributed by atoms with E-state index in [2.05, 4.69) is 231 Å². The zero-order valence-electron chi connectivity index (χ0n) is 34.4. The number of anilines is 3. The smallest absolute Gasteiger partial charge is 0.0543 e. The second kappa shape index (κ2) is 12.7. The molecule has 0 fully saturated rings. The number of fused-ring (bicyclic) bond motifs is 10. The maximum Gasteiger partial charge on any atom is 0.0543 e. The van der Waals surface area contributed by atoms with Crippen LogP contribution in [0.2, 0.25) is 0 Å². The van der Waals surface area contributed by atoms with Gasteiger partial charge in [0.25, 0.3) is 0 Å². The molecule has 60 heavy (non-hydrogen) atoms. The maximum atomic E-state index is 2.50. The van der Waals surface area contributed by atoms with E-state index in [-0.39, 0.29) is 10.8 Å². The van der Waals surface area contributed by atoms with Gasteiger partial charge in [-0.1, -0.05) is 173 Å². The molecule has 9 aromatic carbocycles. The predicted octanol–water partition coefficient (Wildman–Crippen LogP) is 15.7. The van der Waals surface area contributed by atoms with Gasteiger partial charge in [-0.3, -0.25) is 0 Å². The van der Waals surface area contributed by atoms with Crippen molar-refractivity contribution in [3.63, 3.8) is 0 Å². The van der Waals surface area contributed by atoms with Gasteiger partial charge >= 0.3 is 0 Å². The number of rotatable bonds is 5. The molecule has 0 aliphatic heterocycles. The average Bonchev–Trinajstić information content (AvgIpc) is 3.83. The lowest BCUT2D eigenvalue weighted by atomic mass is 9.82. The largest absolute Gasteiger partial charge is 0.310 e. The first-order valence-electron chi connectivity index (χ1n) is 21.2. The van der Waals surface area contributed by atoms with Gasteiger partial charge in [0.2, 0.25) is 0 Å². The minimum atomic E-state index is -0.114. The van der Waals surface area contributed by atoms with Crippen LogP contribution in [0.4, 0.5) is 17.1 Å². The molecule has 1 heterocycles. The Morgan fingerprint density at radius 2 is 0.883 bits per heavy atom. The standard InChI is InChI=1S/C58H44N2/c1-57(2)49-24-10-6-19-47(49)56-50(57)25-15-29-55(56)59(39-34-35-43-42-16-5-9-23-48(42)58(3,4)51(43)36-39)38-32-30-37(31-33-38)40-20-13-22-44-41(40)21-14-28-54(44)60-52-26-11-7-17-45(52)46-18-8-12-27-53(46)60/h5-36H,1-4H3. The third-order valence-corrected chi connectivity index (χ3v) is 13.8. The molecule has 2 aliphatic carbocycles. The van der Waals surface area contributed by atoms with Gasteiger partial charge < -0.3 is 9.47 Å².